The van der Waals surface area contributed by atoms with E-state index in [1.54, 1.807) is 11.8 Å². The molecule has 0 unspecified atom stereocenters. The summed E-state index contributed by atoms with van der Waals surface area (Å²) in [6.45, 7) is 7.14. The molecule has 0 saturated carbocycles. The lowest BCUT2D eigenvalue weighted by molar-refractivity contribution is 0.584. The van der Waals surface area contributed by atoms with Crippen LogP contribution in [0.1, 0.15) is 25.1 Å². The van der Waals surface area contributed by atoms with E-state index in [9.17, 15) is 0 Å². The molecule has 2 aromatic rings. The lowest BCUT2D eigenvalue weighted by Gasteiger charge is -2.12. The van der Waals surface area contributed by atoms with Crippen LogP contribution in [-0.2, 0) is 13.6 Å². The fourth-order valence-electron chi connectivity index (χ4n) is 1.88. The van der Waals surface area contributed by atoms with Crippen LogP contribution in [0.25, 0.3) is 0 Å². The number of rotatable bonds is 5. The van der Waals surface area contributed by atoms with Crippen molar-refractivity contribution in [1.82, 2.24) is 15.1 Å². The third-order valence-corrected chi connectivity index (χ3v) is 4.33. The topological polar surface area (TPSA) is 29.9 Å². The Hall–Kier alpha value is -0.970. The van der Waals surface area contributed by atoms with Crippen molar-refractivity contribution in [3.05, 3.63) is 40.5 Å². The molecule has 5 heteroatoms. The van der Waals surface area contributed by atoms with Crippen LogP contribution < -0.4 is 5.32 Å². The lowest BCUT2D eigenvalue weighted by atomic mass is 10.2. The quantitative estimate of drug-likeness (QED) is 0.904. The molecular weight excluding hydrogens is 290 g/mol. The normalized spacial score (nSPS) is 11.3. The first-order chi connectivity index (χ1) is 9.45. The minimum Gasteiger partial charge on any atom is -0.310 e. The second kappa shape index (κ2) is 6.66. The summed E-state index contributed by atoms with van der Waals surface area (Å²) >= 11 is 7.84. The number of hydrogen-bond donors (Lipinski definition) is 1. The summed E-state index contributed by atoms with van der Waals surface area (Å²) in [5.41, 5.74) is 2.28. The molecule has 0 radical (unpaired) electrons. The number of hydrogen-bond acceptors (Lipinski definition) is 3. The molecule has 0 saturated heterocycles. The monoisotopic (exact) mass is 309 g/mol. The minimum atomic E-state index is 0.461. The SMILES string of the molecule is Cc1cc(Sc2cc(Cl)ccc2CNC(C)C)n(C)n1. The second-order valence-corrected chi connectivity index (χ2v) is 6.64. The molecule has 3 nitrogen and oxygen atoms in total. The van der Waals surface area contributed by atoms with Gasteiger partial charge in [0, 0.05) is 29.6 Å². The summed E-state index contributed by atoms with van der Waals surface area (Å²) in [4.78, 5) is 1.17. The Labute approximate surface area is 129 Å². The molecule has 1 aromatic carbocycles. The van der Waals surface area contributed by atoms with Crippen LogP contribution in [-0.4, -0.2) is 15.8 Å². The van der Waals surface area contributed by atoms with Gasteiger partial charge in [-0.15, -0.1) is 0 Å². The maximum absolute atomic E-state index is 6.13. The van der Waals surface area contributed by atoms with E-state index in [1.165, 1.54) is 10.5 Å². The molecule has 1 heterocycles. The highest BCUT2D eigenvalue weighted by atomic mass is 35.5. The lowest BCUT2D eigenvalue weighted by Crippen LogP contribution is -2.22. The van der Waals surface area contributed by atoms with Crippen LogP contribution in [0.5, 0.6) is 0 Å². The van der Waals surface area contributed by atoms with Crippen LogP contribution in [0.3, 0.4) is 0 Å². The van der Waals surface area contributed by atoms with E-state index in [1.807, 2.05) is 30.8 Å². The van der Waals surface area contributed by atoms with Gasteiger partial charge in [-0.25, -0.2) is 0 Å². The number of benzene rings is 1. The van der Waals surface area contributed by atoms with Crippen molar-refractivity contribution in [1.29, 1.82) is 0 Å². The summed E-state index contributed by atoms with van der Waals surface area (Å²) in [5.74, 6) is 0. The van der Waals surface area contributed by atoms with Crippen LogP contribution >= 0.6 is 23.4 Å². The molecule has 1 aromatic heterocycles. The zero-order chi connectivity index (χ0) is 14.7. The Bertz CT molecular complexity index is 593. The zero-order valence-corrected chi connectivity index (χ0v) is 13.8. The van der Waals surface area contributed by atoms with Crippen molar-refractivity contribution in [2.24, 2.45) is 7.05 Å². The summed E-state index contributed by atoms with van der Waals surface area (Å²) in [5, 5.41) is 9.71. The van der Waals surface area contributed by atoms with Crippen molar-refractivity contribution in [3.8, 4) is 0 Å². The molecule has 0 atom stereocenters. The standard InChI is InChI=1S/C15H20ClN3S/c1-10(2)17-9-12-5-6-13(16)8-14(12)20-15-7-11(3)18-19(15)4/h5-8,10,17H,9H2,1-4H3. The second-order valence-electron chi connectivity index (χ2n) is 5.14. The zero-order valence-electron chi connectivity index (χ0n) is 12.3. The van der Waals surface area contributed by atoms with E-state index in [2.05, 4.69) is 36.4 Å². The van der Waals surface area contributed by atoms with Crippen LogP contribution in [0, 0.1) is 6.92 Å². The van der Waals surface area contributed by atoms with E-state index in [4.69, 9.17) is 11.6 Å². The summed E-state index contributed by atoms with van der Waals surface area (Å²) in [6.07, 6.45) is 0. The van der Waals surface area contributed by atoms with Crippen molar-refractivity contribution in [3.63, 3.8) is 0 Å². The highest BCUT2D eigenvalue weighted by Crippen LogP contribution is 2.32. The van der Waals surface area contributed by atoms with Gasteiger partial charge in [-0.05, 0) is 30.7 Å². The van der Waals surface area contributed by atoms with Gasteiger partial charge in [-0.1, -0.05) is 43.3 Å². The van der Waals surface area contributed by atoms with E-state index in [0.29, 0.717) is 6.04 Å². The average Bonchev–Trinajstić information content (AvgIpc) is 2.66. The van der Waals surface area contributed by atoms with Gasteiger partial charge in [-0.2, -0.15) is 5.10 Å². The van der Waals surface area contributed by atoms with Crippen LogP contribution in [0.4, 0.5) is 0 Å². The fraction of sp³-hybridized carbons (Fsp3) is 0.400. The van der Waals surface area contributed by atoms with Gasteiger partial charge in [0.15, 0.2) is 0 Å². The van der Waals surface area contributed by atoms with Crippen molar-refractivity contribution < 1.29 is 0 Å². The van der Waals surface area contributed by atoms with Crippen molar-refractivity contribution in [2.45, 2.75) is 43.3 Å². The highest BCUT2D eigenvalue weighted by molar-refractivity contribution is 7.99. The molecule has 20 heavy (non-hydrogen) atoms. The number of nitrogens with zero attached hydrogens (tertiary/aromatic N) is 2. The van der Waals surface area contributed by atoms with E-state index in [0.717, 1.165) is 22.3 Å². The Kier molecular flexibility index (Phi) is 5.13. The Morgan fingerprint density at radius 3 is 2.70 bits per heavy atom. The van der Waals surface area contributed by atoms with Crippen molar-refractivity contribution >= 4 is 23.4 Å². The van der Waals surface area contributed by atoms with Gasteiger partial charge in [0.25, 0.3) is 0 Å². The third kappa shape index (κ3) is 4.01. The Morgan fingerprint density at radius 2 is 2.10 bits per heavy atom. The van der Waals surface area contributed by atoms with Gasteiger partial charge in [0.1, 0.15) is 0 Å². The first kappa shape index (κ1) is 15.4. The van der Waals surface area contributed by atoms with Gasteiger partial charge >= 0.3 is 0 Å². The minimum absolute atomic E-state index is 0.461. The van der Waals surface area contributed by atoms with Crippen molar-refractivity contribution in [2.75, 3.05) is 0 Å². The molecule has 108 valence electrons. The maximum Gasteiger partial charge on any atom is 0.0987 e. The molecule has 0 bridgehead atoms. The largest absolute Gasteiger partial charge is 0.310 e. The summed E-state index contributed by atoms with van der Waals surface area (Å²) in [7, 11) is 1.96. The van der Waals surface area contributed by atoms with Crippen LogP contribution in [0.2, 0.25) is 5.02 Å². The Morgan fingerprint density at radius 1 is 1.35 bits per heavy atom. The third-order valence-electron chi connectivity index (χ3n) is 2.90. The van der Waals surface area contributed by atoms with Crippen LogP contribution in [0.15, 0.2) is 34.2 Å². The van der Waals surface area contributed by atoms with Gasteiger partial charge in [0.2, 0.25) is 0 Å². The first-order valence-corrected chi connectivity index (χ1v) is 7.85. The molecule has 1 N–H and O–H groups in total. The number of aryl methyl sites for hydroxylation is 2. The maximum atomic E-state index is 6.13. The van der Waals surface area contributed by atoms with E-state index >= 15 is 0 Å². The van der Waals surface area contributed by atoms with Gasteiger partial charge in [-0.3, -0.25) is 4.68 Å². The first-order valence-electron chi connectivity index (χ1n) is 6.66. The number of aromatic nitrogens is 2. The molecule has 0 spiro atoms. The van der Waals surface area contributed by atoms with E-state index in [-0.39, 0.29) is 0 Å². The molecule has 0 aliphatic carbocycles. The molecule has 0 aliphatic heterocycles. The molecule has 0 amide bonds. The summed E-state index contributed by atoms with van der Waals surface area (Å²) < 4.78 is 1.90. The molecule has 2 rings (SSSR count). The van der Waals surface area contributed by atoms with E-state index < -0.39 is 0 Å². The number of nitrogens with one attached hydrogen (secondary N) is 1. The number of halogens is 1. The van der Waals surface area contributed by atoms with Gasteiger partial charge < -0.3 is 5.32 Å². The predicted octanol–water partition coefficient (Wildman–Crippen LogP) is 4.03. The molecular formula is C15H20ClN3S. The fourth-order valence-corrected chi connectivity index (χ4v) is 3.20. The highest BCUT2D eigenvalue weighted by Gasteiger charge is 2.09. The Balaban J connectivity index is 2.25. The molecule has 0 fully saturated rings. The van der Waals surface area contributed by atoms with Gasteiger partial charge in [0.05, 0.1) is 10.7 Å². The average molecular weight is 310 g/mol. The smallest absolute Gasteiger partial charge is 0.0987 e. The predicted molar refractivity (Wildman–Crippen MR) is 85.5 cm³/mol. The molecule has 0 aliphatic rings. The summed E-state index contributed by atoms with van der Waals surface area (Å²) in [6, 6.07) is 8.60.